The van der Waals surface area contributed by atoms with Crippen LogP contribution in [0.15, 0.2) is 78.9 Å². The molecule has 1 unspecified atom stereocenters. The third kappa shape index (κ3) is 8.87. The first-order chi connectivity index (χ1) is 23.4. The van der Waals surface area contributed by atoms with E-state index in [1.807, 2.05) is 78.9 Å². The van der Waals surface area contributed by atoms with Gasteiger partial charge in [0.25, 0.3) is 5.91 Å². The zero-order valence-electron chi connectivity index (χ0n) is 27.3. The van der Waals surface area contributed by atoms with Gasteiger partial charge in [-0.1, -0.05) is 98.1 Å². The van der Waals surface area contributed by atoms with Crippen LogP contribution in [0.2, 0.25) is 0 Å². The third-order valence-electron chi connectivity index (χ3n) is 9.37. The molecule has 10 nitrogen and oxygen atoms in total. The molecule has 6 rings (SSSR count). The number of carbonyl (C=O) groups excluding carboxylic acids is 3. The van der Waals surface area contributed by atoms with E-state index in [0.29, 0.717) is 0 Å². The van der Waals surface area contributed by atoms with E-state index in [4.69, 9.17) is 14.2 Å². The molecule has 48 heavy (non-hydrogen) atoms. The van der Waals surface area contributed by atoms with Crippen LogP contribution in [-0.2, 0) is 43.6 Å². The Bertz CT molecular complexity index is 1510. The highest BCUT2D eigenvalue weighted by Crippen LogP contribution is 2.38. The summed E-state index contributed by atoms with van der Waals surface area (Å²) in [6, 6.07) is 23.8. The molecule has 4 atom stereocenters. The summed E-state index contributed by atoms with van der Waals surface area (Å²) < 4.78 is 18.3. The average Bonchev–Trinajstić information content (AvgIpc) is 3.36. The van der Waals surface area contributed by atoms with Crippen molar-refractivity contribution < 1.29 is 33.7 Å². The van der Waals surface area contributed by atoms with Gasteiger partial charge in [-0.3, -0.25) is 14.5 Å². The van der Waals surface area contributed by atoms with Gasteiger partial charge < -0.3 is 29.5 Å². The van der Waals surface area contributed by atoms with E-state index in [1.54, 1.807) is 0 Å². The standard InChI is InChI=1S/C38H45N3O7/c42-25-28-13-15-30(16-14-28)34-21-32(24-40-19-7-2-1-3-8-20-40)47-37(48-34)31-17-11-27(12-18-31)23-41-35(43)22-33(36(41)44)39-38(45)46-26-29-9-5-4-6-10-29/h4-6,9-18,32-34,37,42H,1-3,7-8,19-26H2,(H,39,45)/t32-,33?,34+,37+/m0/s1. The number of benzene rings is 3. The molecule has 254 valence electrons. The summed E-state index contributed by atoms with van der Waals surface area (Å²) in [6.07, 6.45) is 5.38. The molecule has 3 heterocycles. The zero-order valence-corrected chi connectivity index (χ0v) is 27.3. The monoisotopic (exact) mass is 655 g/mol. The highest BCUT2D eigenvalue weighted by atomic mass is 16.7. The van der Waals surface area contributed by atoms with E-state index in [0.717, 1.165) is 53.9 Å². The number of nitrogens with zero attached hydrogens (tertiary/aromatic N) is 2. The maximum absolute atomic E-state index is 13.1. The van der Waals surface area contributed by atoms with Gasteiger partial charge in [-0.2, -0.15) is 0 Å². The fourth-order valence-corrected chi connectivity index (χ4v) is 6.65. The second-order valence-corrected chi connectivity index (χ2v) is 12.9. The smallest absolute Gasteiger partial charge is 0.408 e. The number of aliphatic hydroxyl groups excluding tert-OH is 1. The Morgan fingerprint density at radius 3 is 2.19 bits per heavy atom. The number of alkyl carbamates (subject to hydrolysis) is 1. The van der Waals surface area contributed by atoms with Crippen LogP contribution in [0.3, 0.4) is 0 Å². The van der Waals surface area contributed by atoms with Gasteiger partial charge in [-0.05, 0) is 48.2 Å². The van der Waals surface area contributed by atoms with Crippen molar-refractivity contribution in [2.75, 3.05) is 19.6 Å². The van der Waals surface area contributed by atoms with Gasteiger partial charge in [0.2, 0.25) is 5.91 Å². The average molecular weight is 656 g/mol. The molecule has 0 aromatic heterocycles. The van der Waals surface area contributed by atoms with Crippen LogP contribution < -0.4 is 5.32 Å². The van der Waals surface area contributed by atoms with Gasteiger partial charge in [0.05, 0.1) is 31.8 Å². The lowest BCUT2D eigenvalue weighted by atomic mass is 9.99. The van der Waals surface area contributed by atoms with Crippen molar-refractivity contribution in [3.63, 3.8) is 0 Å². The van der Waals surface area contributed by atoms with E-state index in [-0.39, 0.29) is 44.3 Å². The molecule has 3 aliphatic heterocycles. The number of rotatable bonds is 10. The predicted molar refractivity (Wildman–Crippen MR) is 178 cm³/mol. The largest absolute Gasteiger partial charge is 0.445 e. The second-order valence-electron chi connectivity index (χ2n) is 12.9. The number of amides is 3. The van der Waals surface area contributed by atoms with E-state index in [9.17, 15) is 19.5 Å². The van der Waals surface area contributed by atoms with Gasteiger partial charge in [-0.15, -0.1) is 0 Å². The molecular weight excluding hydrogens is 610 g/mol. The van der Waals surface area contributed by atoms with Gasteiger partial charge in [0.1, 0.15) is 12.6 Å². The number of imide groups is 1. The number of carbonyl (C=O) groups is 3. The van der Waals surface area contributed by atoms with Crippen LogP contribution in [0.4, 0.5) is 4.79 Å². The lowest BCUT2D eigenvalue weighted by molar-refractivity contribution is -0.253. The van der Waals surface area contributed by atoms with Crippen molar-refractivity contribution in [3.8, 4) is 0 Å². The quantitative estimate of drug-likeness (QED) is 0.274. The highest BCUT2D eigenvalue weighted by molar-refractivity contribution is 6.06. The molecule has 0 radical (unpaired) electrons. The Morgan fingerprint density at radius 2 is 1.48 bits per heavy atom. The fourth-order valence-electron chi connectivity index (χ4n) is 6.65. The highest BCUT2D eigenvalue weighted by Gasteiger charge is 2.40. The summed E-state index contributed by atoms with van der Waals surface area (Å²) >= 11 is 0. The molecule has 0 spiro atoms. The minimum atomic E-state index is -0.960. The van der Waals surface area contributed by atoms with Crippen LogP contribution in [0, 0.1) is 0 Å². The molecule has 3 aromatic rings. The maximum atomic E-state index is 13.1. The number of hydrogen-bond acceptors (Lipinski definition) is 8. The van der Waals surface area contributed by atoms with Crippen LogP contribution >= 0.6 is 0 Å². The minimum Gasteiger partial charge on any atom is -0.445 e. The minimum absolute atomic E-state index is 0.00540. The second kappa shape index (κ2) is 16.3. The summed E-state index contributed by atoms with van der Waals surface area (Å²) in [4.78, 5) is 41.9. The van der Waals surface area contributed by atoms with E-state index in [2.05, 4.69) is 10.2 Å². The summed E-state index contributed by atoms with van der Waals surface area (Å²) in [5, 5.41) is 12.1. The molecule has 3 aliphatic rings. The molecule has 3 aromatic carbocycles. The van der Waals surface area contributed by atoms with Crippen LogP contribution in [0.1, 0.15) is 85.2 Å². The Balaban J connectivity index is 1.08. The number of aliphatic hydroxyl groups is 1. The van der Waals surface area contributed by atoms with Gasteiger partial charge >= 0.3 is 6.09 Å². The first kappa shape index (κ1) is 33.8. The summed E-state index contributed by atoms with van der Waals surface area (Å²) in [6.45, 7) is 3.16. The van der Waals surface area contributed by atoms with Gasteiger partial charge in [-0.25, -0.2) is 4.79 Å². The molecular formula is C38H45N3O7. The van der Waals surface area contributed by atoms with Crippen molar-refractivity contribution in [1.29, 1.82) is 0 Å². The van der Waals surface area contributed by atoms with Crippen molar-refractivity contribution in [1.82, 2.24) is 15.1 Å². The third-order valence-corrected chi connectivity index (χ3v) is 9.37. The normalized spacial score (nSPS) is 23.8. The van der Waals surface area contributed by atoms with Crippen molar-refractivity contribution >= 4 is 17.9 Å². The fraction of sp³-hybridized carbons (Fsp3) is 0.447. The predicted octanol–water partition coefficient (Wildman–Crippen LogP) is 5.54. The van der Waals surface area contributed by atoms with Crippen LogP contribution in [-0.4, -0.2) is 64.6 Å². The Labute approximate surface area is 282 Å². The molecule has 3 fully saturated rings. The number of ether oxygens (including phenoxy) is 3. The van der Waals surface area contributed by atoms with E-state index < -0.39 is 24.3 Å². The molecule has 2 N–H and O–H groups in total. The Hall–Kier alpha value is -4.09. The number of nitrogens with one attached hydrogen (secondary N) is 1. The van der Waals surface area contributed by atoms with Crippen molar-refractivity contribution in [2.45, 2.75) is 89.2 Å². The Morgan fingerprint density at radius 1 is 0.812 bits per heavy atom. The number of hydrogen-bond donors (Lipinski definition) is 2. The molecule has 0 saturated carbocycles. The number of likely N-dealkylation sites (tertiary alicyclic amines) is 2. The lowest BCUT2D eigenvalue weighted by Crippen LogP contribution is -2.41. The van der Waals surface area contributed by atoms with E-state index >= 15 is 0 Å². The van der Waals surface area contributed by atoms with Crippen molar-refractivity contribution in [3.05, 3.63) is 107 Å². The van der Waals surface area contributed by atoms with Crippen LogP contribution in [0.25, 0.3) is 0 Å². The van der Waals surface area contributed by atoms with E-state index in [1.165, 1.54) is 37.0 Å². The lowest BCUT2D eigenvalue weighted by Gasteiger charge is -2.39. The molecule has 3 saturated heterocycles. The first-order valence-electron chi connectivity index (χ1n) is 17.1. The molecule has 10 heteroatoms. The summed E-state index contributed by atoms with van der Waals surface area (Å²) in [5.74, 6) is -0.805. The SMILES string of the molecule is O=C(NC1CC(=O)N(Cc2ccc([C@@H]3O[C@H](CN4CCCCCCC4)C[C@H](c4ccc(CO)cc4)O3)cc2)C1=O)OCc1ccccc1. The maximum Gasteiger partial charge on any atom is 0.408 e. The molecule has 3 amide bonds. The first-order valence-corrected chi connectivity index (χ1v) is 17.1. The molecule has 0 aliphatic carbocycles. The zero-order chi connectivity index (χ0) is 33.3. The van der Waals surface area contributed by atoms with Crippen LogP contribution in [0.5, 0.6) is 0 Å². The van der Waals surface area contributed by atoms with Gasteiger partial charge in [0, 0.05) is 18.5 Å². The summed E-state index contributed by atoms with van der Waals surface area (Å²) in [5.41, 5.74) is 4.36. The summed E-state index contributed by atoms with van der Waals surface area (Å²) in [7, 11) is 0. The molecule has 0 bridgehead atoms. The Kier molecular flexibility index (Phi) is 11.5. The van der Waals surface area contributed by atoms with Crippen molar-refractivity contribution in [2.24, 2.45) is 0 Å². The topological polar surface area (TPSA) is 118 Å². The van der Waals surface area contributed by atoms with Gasteiger partial charge in [0.15, 0.2) is 6.29 Å².